The molecule has 57 heavy (non-hydrogen) atoms. The topological polar surface area (TPSA) is 107 Å². The van der Waals surface area contributed by atoms with Crippen LogP contribution in [0.1, 0.15) is 136 Å². The van der Waals surface area contributed by atoms with Gasteiger partial charge in [0, 0.05) is 24.4 Å². The van der Waals surface area contributed by atoms with Crippen molar-refractivity contribution in [3.8, 4) is 0 Å². The number of aliphatic hydroxyl groups excluding tert-OH is 1. The Balaban J connectivity index is 2.45. The van der Waals surface area contributed by atoms with Gasteiger partial charge in [0.25, 0.3) is 0 Å². The Hall–Kier alpha value is -0.899. The first kappa shape index (κ1) is 52.2. The number of aliphatic hydroxyl groups is 2. The second-order valence-corrected chi connectivity index (χ2v) is 32.3. The summed E-state index contributed by atoms with van der Waals surface area (Å²) in [7, 11) is -5.81. The number of hydrogen-bond donors (Lipinski definition) is 2. The van der Waals surface area contributed by atoms with E-state index >= 15 is 0 Å². The lowest BCUT2D eigenvalue weighted by atomic mass is 9.89. The molecule has 0 aromatic heterocycles. The van der Waals surface area contributed by atoms with Crippen molar-refractivity contribution in [2.75, 3.05) is 0 Å². The Kier molecular flexibility index (Phi) is 21.4. The highest BCUT2D eigenvalue weighted by Crippen LogP contribution is 2.42. The molecule has 2 rings (SSSR count). The van der Waals surface area contributed by atoms with Gasteiger partial charge in [-0.25, -0.2) is 0 Å². The molecule has 1 fully saturated rings. The van der Waals surface area contributed by atoms with Gasteiger partial charge >= 0.3 is 5.97 Å². The normalized spacial score (nSPS) is 29.9. The third-order valence-electron chi connectivity index (χ3n) is 14.4. The maximum absolute atomic E-state index is 13.7. The summed E-state index contributed by atoms with van der Waals surface area (Å²) in [6, 6.07) is 9.47. The summed E-state index contributed by atoms with van der Waals surface area (Å²) in [5, 5.41) is 22.4. The third-order valence-corrected chi connectivity index (χ3v) is 28.5. The van der Waals surface area contributed by atoms with Gasteiger partial charge in [-0.05, 0) is 100 Å². The highest BCUT2D eigenvalue weighted by Gasteiger charge is 2.50. The van der Waals surface area contributed by atoms with E-state index in [9.17, 15) is 15.0 Å². The molecule has 8 nitrogen and oxygen atoms in total. The van der Waals surface area contributed by atoms with E-state index in [1.807, 2.05) is 26.0 Å². The van der Waals surface area contributed by atoms with Gasteiger partial charge in [0.15, 0.2) is 25.0 Å². The van der Waals surface area contributed by atoms with Gasteiger partial charge in [-0.2, -0.15) is 0 Å². The number of allylic oxidation sites excluding steroid dienone is 2. The molecule has 3 unspecified atom stereocenters. The lowest BCUT2D eigenvalue weighted by Crippen LogP contribution is -2.46. The average molecular weight is 853 g/mol. The van der Waals surface area contributed by atoms with Crippen LogP contribution in [-0.4, -0.2) is 89.0 Å². The molecule has 0 aromatic rings. The SMILES string of the molecule is CCC(O[Si](CC)(CC)CC)C(C)[C@H]1O[C@@H]1CC(C)(/C=C/C=C(\C)[C@H]1OC(=O)C[C@H](O[Si](CC)(CC)CC)CC[C@@](C)(O)[C@@H](O)/C=C/[C@@H]1C)O[Si](CC)(CC)CC. The molecule has 0 radical (unpaired) electrons. The Morgan fingerprint density at radius 1 is 0.930 bits per heavy atom. The summed E-state index contributed by atoms with van der Waals surface area (Å²) in [5.74, 6) is -0.240. The van der Waals surface area contributed by atoms with Crippen LogP contribution in [0.2, 0.25) is 54.4 Å². The zero-order valence-corrected chi connectivity index (χ0v) is 42.2. The fraction of sp³-hybridized carbons (Fsp3) is 0.848. The zero-order chi connectivity index (χ0) is 43.2. The Morgan fingerprint density at radius 3 is 1.98 bits per heavy atom. The zero-order valence-electron chi connectivity index (χ0n) is 39.2. The van der Waals surface area contributed by atoms with Crippen molar-refractivity contribution >= 4 is 30.9 Å². The van der Waals surface area contributed by atoms with Gasteiger partial charge < -0.3 is 33.0 Å². The Labute approximate surface area is 353 Å². The predicted molar refractivity (Wildman–Crippen MR) is 245 cm³/mol. The Morgan fingerprint density at radius 2 is 1.47 bits per heavy atom. The standard InChI is InChI=1S/C46H88O8Si3/c1-16-39(53-56(20-5,21-6)22-7)37(13)44-40(50-44)34-45(14,54-57(23-8,24-9)25-10)31-26-27-35(11)43-36(12)28-29-41(47)46(15,49)32-30-38(33-42(48)51-43)52-55(17-2,18-3)19-4/h26-29,31,36-41,43-44,47,49H,16-25,30,32-34H2,1-15H3/b29-28+,31-26+,35-27+/t36-,37?,38+,39?,40+,41-,43+,44+,45?,46+/m0/s1. The van der Waals surface area contributed by atoms with E-state index in [4.69, 9.17) is 22.8 Å². The number of carbonyl (C=O) groups is 1. The van der Waals surface area contributed by atoms with Crippen molar-refractivity contribution in [3.63, 3.8) is 0 Å². The number of esters is 1. The monoisotopic (exact) mass is 853 g/mol. The van der Waals surface area contributed by atoms with Gasteiger partial charge in [-0.3, -0.25) is 4.79 Å². The van der Waals surface area contributed by atoms with Crippen molar-refractivity contribution in [3.05, 3.63) is 36.0 Å². The fourth-order valence-corrected chi connectivity index (χ4v) is 18.1. The molecule has 2 heterocycles. The summed E-state index contributed by atoms with van der Waals surface area (Å²) in [6.07, 6.45) is 10.9. The van der Waals surface area contributed by atoms with E-state index in [1.165, 1.54) is 0 Å². The molecule has 0 spiro atoms. The van der Waals surface area contributed by atoms with E-state index in [-0.39, 0.29) is 42.7 Å². The van der Waals surface area contributed by atoms with Crippen LogP contribution in [0.5, 0.6) is 0 Å². The van der Waals surface area contributed by atoms with Crippen LogP contribution in [-0.2, 0) is 27.5 Å². The first-order valence-corrected chi connectivity index (χ1v) is 30.7. The molecule has 2 aliphatic heterocycles. The van der Waals surface area contributed by atoms with Crippen LogP contribution < -0.4 is 0 Å². The van der Waals surface area contributed by atoms with Gasteiger partial charge in [-0.15, -0.1) is 0 Å². The molecular weight excluding hydrogens is 765 g/mol. The molecule has 2 aliphatic rings. The number of hydrogen-bond acceptors (Lipinski definition) is 8. The van der Waals surface area contributed by atoms with E-state index < -0.39 is 48.4 Å². The van der Waals surface area contributed by atoms with Gasteiger partial charge in [0.1, 0.15) is 12.2 Å². The highest BCUT2D eigenvalue weighted by molar-refractivity contribution is 6.74. The minimum absolute atomic E-state index is 0.0988. The number of ether oxygens (including phenoxy) is 2. The van der Waals surface area contributed by atoms with E-state index in [0.29, 0.717) is 18.8 Å². The van der Waals surface area contributed by atoms with Crippen LogP contribution in [0.25, 0.3) is 0 Å². The first-order chi connectivity index (χ1) is 26.8. The minimum atomic E-state index is -2.05. The van der Waals surface area contributed by atoms with Crippen LogP contribution >= 0.6 is 0 Å². The van der Waals surface area contributed by atoms with Crippen LogP contribution in [0.15, 0.2) is 36.0 Å². The molecule has 0 aromatic carbocycles. The van der Waals surface area contributed by atoms with Crippen LogP contribution in [0, 0.1) is 11.8 Å². The molecule has 332 valence electrons. The molecule has 0 aliphatic carbocycles. The maximum Gasteiger partial charge on any atom is 0.308 e. The van der Waals surface area contributed by atoms with Crippen LogP contribution in [0.4, 0.5) is 0 Å². The number of carbonyl (C=O) groups excluding carboxylic acids is 1. The average Bonchev–Trinajstić information content (AvgIpc) is 3.97. The van der Waals surface area contributed by atoms with Gasteiger partial charge in [0.2, 0.25) is 0 Å². The minimum Gasteiger partial charge on any atom is -0.457 e. The van der Waals surface area contributed by atoms with Gasteiger partial charge in [-0.1, -0.05) is 113 Å². The quantitative estimate of drug-likeness (QED) is 0.0344. The van der Waals surface area contributed by atoms with Crippen molar-refractivity contribution in [1.29, 1.82) is 0 Å². The smallest absolute Gasteiger partial charge is 0.308 e. The Bertz CT molecular complexity index is 1270. The van der Waals surface area contributed by atoms with Crippen molar-refractivity contribution in [2.24, 2.45) is 11.8 Å². The highest BCUT2D eigenvalue weighted by atomic mass is 28.4. The third kappa shape index (κ3) is 14.6. The van der Waals surface area contributed by atoms with Crippen molar-refractivity contribution in [2.45, 2.75) is 238 Å². The molecular formula is C46H88O8Si3. The van der Waals surface area contributed by atoms with Crippen LogP contribution in [0.3, 0.4) is 0 Å². The number of cyclic esters (lactones) is 1. The largest absolute Gasteiger partial charge is 0.457 e. The second-order valence-electron chi connectivity index (χ2n) is 18.1. The second kappa shape index (κ2) is 23.4. The van der Waals surface area contributed by atoms with Crippen molar-refractivity contribution in [1.82, 2.24) is 0 Å². The summed E-state index contributed by atoms with van der Waals surface area (Å²) in [6.45, 7) is 32.7. The van der Waals surface area contributed by atoms with E-state index in [1.54, 1.807) is 13.0 Å². The summed E-state index contributed by atoms with van der Waals surface area (Å²) in [5.41, 5.74) is -0.992. The lowest BCUT2D eigenvalue weighted by Gasteiger charge is -2.39. The first-order valence-electron chi connectivity index (χ1n) is 23.1. The van der Waals surface area contributed by atoms with Gasteiger partial charge in [0.05, 0.1) is 35.9 Å². The number of rotatable bonds is 23. The number of epoxide rings is 1. The molecule has 1 saturated heterocycles. The van der Waals surface area contributed by atoms with Crippen molar-refractivity contribution < 1.29 is 37.8 Å². The summed E-state index contributed by atoms with van der Waals surface area (Å²) < 4.78 is 33.9. The molecule has 0 amide bonds. The molecule has 2 N–H and O–H groups in total. The van der Waals surface area contributed by atoms with E-state index in [0.717, 1.165) is 72.8 Å². The fourth-order valence-electron chi connectivity index (χ4n) is 9.12. The summed E-state index contributed by atoms with van der Waals surface area (Å²) >= 11 is 0. The molecule has 10 atom stereocenters. The molecule has 11 heteroatoms. The molecule has 0 saturated carbocycles. The lowest BCUT2D eigenvalue weighted by molar-refractivity contribution is -0.151. The maximum atomic E-state index is 13.7. The van der Waals surface area contributed by atoms with E-state index in [2.05, 4.69) is 95.2 Å². The summed E-state index contributed by atoms with van der Waals surface area (Å²) in [4.78, 5) is 13.7. The molecule has 0 bridgehead atoms. The predicted octanol–water partition coefficient (Wildman–Crippen LogP) is 11.7.